The van der Waals surface area contributed by atoms with Crippen LogP contribution < -0.4 is 0 Å². The average molecular weight is 199 g/mol. The largest absolute Gasteiger partial charge is 0.388 e. The molecule has 0 N–H and O–H groups in total. The lowest BCUT2D eigenvalue weighted by Gasteiger charge is -2.21. The minimum atomic E-state index is 0.0679. The van der Waals surface area contributed by atoms with Crippen molar-refractivity contribution >= 4 is 5.71 Å². The van der Waals surface area contributed by atoms with Crippen molar-refractivity contribution in [2.75, 3.05) is 0 Å². The van der Waals surface area contributed by atoms with Crippen molar-refractivity contribution in [3.63, 3.8) is 0 Å². The molecule has 1 saturated carbocycles. The second kappa shape index (κ2) is 2.26. The summed E-state index contributed by atoms with van der Waals surface area (Å²) in [6, 6.07) is 8.74. The molecule has 2 nitrogen and oxygen atoms in total. The first-order valence-corrected chi connectivity index (χ1v) is 5.61. The number of nitrogens with zero attached hydrogens (tertiary/aromatic N) is 1. The molecule has 3 aliphatic rings. The first-order valence-electron chi connectivity index (χ1n) is 5.61. The van der Waals surface area contributed by atoms with Crippen LogP contribution in [-0.2, 0) is 17.7 Å². The summed E-state index contributed by atoms with van der Waals surface area (Å²) in [7, 11) is 0. The van der Waals surface area contributed by atoms with Gasteiger partial charge >= 0.3 is 0 Å². The molecule has 1 spiro atoms. The fraction of sp³-hybridized carbons (Fsp3) is 0.462. The predicted molar refractivity (Wildman–Crippen MR) is 57.8 cm³/mol. The second-order valence-electron chi connectivity index (χ2n) is 5.01. The monoisotopic (exact) mass is 199 g/mol. The van der Waals surface area contributed by atoms with Gasteiger partial charge in [0, 0.05) is 12.3 Å². The predicted octanol–water partition coefficient (Wildman–Crippen LogP) is 2.18. The maximum absolute atomic E-state index is 5.68. The highest BCUT2D eigenvalue weighted by molar-refractivity contribution is 5.90. The number of fused-ring (bicyclic) bond motifs is 2. The third-order valence-electron chi connectivity index (χ3n) is 4.28. The zero-order valence-electron chi connectivity index (χ0n) is 8.73. The third kappa shape index (κ3) is 0.796. The fourth-order valence-corrected chi connectivity index (χ4v) is 3.50. The smallest absolute Gasteiger partial charge is 0.154 e. The SMILES string of the molecule is CC1=NOC23Cc4ccccc4CC2C13. The molecule has 2 heteroatoms. The Kier molecular flexibility index (Phi) is 1.19. The van der Waals surface area contributed by atoms with Gasteiger partial charge in [0.25, 0.3) is 0 Å². The zero-order chi connectivity index (χ0) is 10.0. The van der Waals surface area contributed by atoms with Crippen LogP contribution in [-0.4, -0.2) is 11.3 Å². The Bertz CT molecular complexity index is 479. The topological polar surface area (TPSA) is 21.6 Å². The standard InChI is InChI=1S/C13H13NO/c1-8-12-11-6-9-4-2-3-5-10(9)7-13(11,12)15-14-8/h2-5,11-12H,6-7H2,1H3. The van der Waals surface area contributed by atoms with E-state index in [9.17, 15) is 0 Å². The maximum atomic E-state index is 5.68. The maximum Gasteiger partial charge on any atom is 0.154 e. The third-order valence-corrected chi connectivity index (χ3v) is 4.28. The highest BCUT2D eigenvalue weighted by Crippen LogP contribution is 2.63. The Labute approximate surface area is 88.9 Å². The minimum absolute atomic E-state index is 0.0679. The van der Waals surface area contributed by atoms with Crippen LogP contribution >= 0.6 is 0 Å². The van der Waals surface area contributed by atoms with Gasteiger partial charge in [0.1, 0.15) is 0 Å². The number of benzene rings is 1. The van der Waals surface area contributed by atoms with Crippen LogP contribution in [0.3, 0.4) is 0 Å². The van der Waals surface area contributed by atoms with Gasteiger partial charge in [0.2, 0.25) is 0 Å². The van der Waals surface area contributed by atoms with Gasteiger partial charge < -0.3 is 4.84 Å². The van der Waals surface area contributed by atoms with E-state index in [0.29, 0.717) is 11.8 Å². The van der Waals surface area contributed by atoms with Gasteiger partial charge in [-0.25, -0.2) is 0 Å². The van der Waals surface area contributed by atoms with Crippen molar-refractivity contribution in [1.29, 1.82) is 0 Å². The van der Waals surface area contributed by atoms with Crippen molar-refractivity contribution in [2.24, 2.45) is 17.0 Å². The van der Waals surface area contributed by atoms with Crippen LogP contribution in [0.4, 0.5) is 0 Å². The lowest BCUT2D eigenvalue weighted by Crippen LogP contribution is -2.23. The lowest BCUT2D eigenvalue weighted by molar-refractivity contribution is 0.0301. The Morgan fingerprint density at radius 3 is 3.00 bits per heavy atom. The molecule has 0 saturated heterocycles. The van der Waals surface area contributed by atoms with E-state index in [1.54, 1.807) is 0 Å². The van der Waals surface area contributed by atoms with Gasteiger partial charge in [-0.05, 0) is 24.5 Å². The van der Waals surface area contributed by atoms with E-state index >= 15 is 0 Å². The average Bonchev–Trinajstić information content (AvgIpc) is 2.79. The molecule has 0 bridgehead atoms. The molecule has 0 radical (unpaired) electrons. The van der Waals surface area contributed by atoms with Crippen LogP contribution in [0.15, 0.2) is 29.4 Å². The van der Waals surface area contributed by atoms with Gasteiger partial charge in [0.05, 0.1) is 11.6 Å². The zero-order valence-corrected chi connectivity index (χ0v) is 8.73. The first kappa shape index (κ1) is 7.91. The van der Waals surface area contributed by atoms with Gasteiger partial charge in [-0.2, -0.15) is 0 Å². The molecule has 3 atom stereocenters. The summed E-state index contributed by atoms with van der Waals surface area (Å²) in [6.45, 7) is 2.10. The molecule has 3 unspecified atom stereocenters. The molecule has 0 aromatic heterocycles. The number of oxime groups is 1. The van der Waals surface area contributed by atoms with Gasteiger partial charge in [-0.1, -0.05) is 29.4 Å². The summed E-state index contributed by atoms with van der Waals surface area (Å²) in [5, 5.41) is 4.13. The molecule has 1 heterocycles. The molecule has 2 aliphatic carbocycles. The Morgan fingerprint density at radius 1 is 1.33 bits per heavy atom. The molecule has 1 aromatic rings. The van der Waals surface area contributed by atoms with E-state index in [0.717, 1.165) is 6.42 Å². The van der Waals surface area contributed by atoms with E-state index in [4.69, 9.17) is 4.84 Å². The quantitative estimate of drug-likeness (QED) is 0.627. The minimum Gasteiger partial charge on any atom is -0.388 e. The molecule has 76 valence electrons. The van der Waals surface area contributed by atoms with Crippen molar-refractivity contribution in [2.45, 2.75) is 25.4 Å². The molecule has 1 fully saturated rings. The van der Waals surface area contributed by atoms with Crippen molar-refractivity contribution in [3.05, 3.63) is 35.4 Å². The van der Waals surface area contributed by atoms with Gasteiger partial charge in [-0.15, -0.1) is 0 Å². The summed E-state index contributed by atoms with van der Waals surface area (Å²) in [5.41, 5.74) is 4.24. The van der Waals surface area contributed by atoms with Crippen LogP contribution in [0, 0.1) is 11.8 Å². The Balaban J connectivity index is 1.78. The highest BCUT2D eigenvalue weighted by atomic mass is 16.7. The Morgan fingerprint density at radius 2 is 2.13 bits per heavy atom. The lowest BCUT2D eigenvalue weighted by atomic mass is 9.90. The van der Waals surface area contributed by atoms with E-state index < -0.39 is 0 Å². The van der Waals surface area contributed by atoms with Crippen LogP contribution in [0.25, 0.3) is 0 Å². The molecular weight excluding hydrogens is 186 g/mol. The molecule has 1 aliphatic heterocycles. The highest BCUT2D eigenvalue weighted by Gasteiger charge is 2.72. The first-order chi connectivity index (χ1) is 7.31. The summed E-state index contributed by atoms with van der Waals surface area (Å²) < 4.78 is 0. The summed E-state index contributed by atoms with van der Waals surface area (Å²) in [5.74, 6) is 1.30. The normalized spacial score (nSPS) is 39.7. The van der Waals surface area contributed by atoms with Gasteiger partial charge in [0.15, 0.2) is 5.60 Å². The molecule has 15 heavy (non-hydrogen) atoms. The van der Waals surface area contributed by atoms with Crippen LogP contribution in [0.1, 0.15) is 18.1 Å². The Hall–Kier alpha value is -1.31. The summed E-state index contributed by atoms with van der Waals surface area (Å²) >= 11 is 0. The summed E-state index contributed by atoms with van der Waals surface area (Å²) in [6.07, 6.45) is 2.23. The van der Waals surface area contributed by atoms with Crippen molar-refractivity contribution in [1.82, 2.24) is 0 Å². The summed E-state index contributed by atoms with van der Waals surface area (Å²) in [4.78, 5) is 5.68. The molecular formula is C13H13NO. The van der Waals surface area contributed by atoms with E-state index in [1.807, 2.05) is 0 Å². The molecule has 0 amide bonds. The second-order valence-corrected chi connectivity index (χ2v) is 5.01. The van der Waals surface area contributed by atoms with Crippen molar-refractivity contribution < 1.29 is 4.84 Å². The fourth-order valence-electron chi connectivity index (χ4n) is 3.50. The van der Waals surface area contributed by atoms with E-state index in [-0.39, 0.29) is 5.60 Å². The number of rotatable bonds is 0. The molecule has 4 rings (SSSR count). The van der Waals surface area contributed by atoms with E-state index in [1.165, 1.54) is 23.3 Å². The molecule has 1 aromatic carbocycles. The van der Waals surface area contributed by atoms with Crippen LogP contribution in [0.2, 0.25) is 0 Å². The van der Waals surface area contributed by atoms with Gasteiger partial charge in [-0.3, -0.25) is 0 Å². The number of hydrogen-bond donors (Lipinski definition) is 0. The van der Waals surface area contributed by atoms with Crippen molar-refractivity contribution in [3.8, 4) is 0 Å². The van der Waals surface area contributed by atoms with E-state index in [2.05, 4.69) is 36.3 Å². The number of hydrogen-bond acceptors (Lipinski definition) is 2. The van der Waals surface area contributed by atoms with Crippen LogP contribution in [0.5, 0.6) is 0 Å².